The fraction of sp³-hybridized carbons (Fsp3) is 0.304. The van der Waals surface area contributed by atoms with Crippen LogP contribution in [0.4, 0.5) is 8.78 Å². The smallest absolute Gasteiger partial charge is 0.295 e. The summed E-state index contributed by atoms with van der Waals surface area (Å²) in [6.45, 7) is 3.90. The number of benzene rings is 2. The lowest BCUT2D eigenvalue weighted by Crippen LogP contribution is -2.33. The number of aliphatic hydroxyl groups is 1. The summed E-state index contributed by atoms with van der Waals surface area (Å²) in [7, 11) is 1.34. The van der Waals surface area contributed by atoms with Crippen LogP contribution in [-0.2, 0) is 14.3 Å². The molecule has 8 heteroatoms. The average Bonchev–Trinajstić information content (AvgIpc) is 2.98. The second-order valence-electron chi connectivity index (χ2n) is 7.31. The second kappa shape index (κ2) is 9.26. The predicted molar refractivity (Wildman–Crippen MR) is 109 cm³/mol. The maximum atomic E-state index is 13.9. The normalized spacial score (nSPS) is 18.1. The van der Waals surface area contributed by atoms with E-state index in [1.807, 2.05) is 13.8 Å². The number of hydrogen-bond donors (Lipinski definition) is 1. The lowest BCUT2D eigenvalue weighted by molar-refractivity contribution is -0.140. The highest BCUT2D eigenvalue weighted by molar-refractivity contribution is 6.46. The van der Waals surface area contributed by atoms with Crippen LogP contribution in [0.15, 0.2) is 48.0 Å². The van der Waals surface area contributed by atoms with E-state index in [9.17, 15) is 23.5 Å². The number of rotatable bonds is 7. The van der Waals surface area contributed by atoms with Crippen molar-refractivity contribution < 1.29 is 33.0 Å². The molecule has 1 N–H and O–H groups in total. The first-order valence-electron chi connectivity index (χ1n) is 9.74. The van der Waals surface area contributed by atoms with Gasteiger partial charge in [-0.15, -0.1) is 0 Å². The third-order valence-corrected chi connectivity index (χ3v) is 4.93. The predicted octanol–water partition coefficient (Wildman–Crippen LogP) is 3.82. The van der Waals surface area contributed by atoms with Crippen molar-refractivity contribution in [1.82, 2.24) is 4.90 Å². The van der Waals surface area contributed by atoms with Gasteiger partial charge in [0.2, 0.25) is 0 Å². The number of nitrogens with zero attached hydrogens (tertiary/aromatic N) is 1. The number of halogens is 2. The average molecular weight is 431 g/mol. The zero-order valence-corrected chi connectivity index (χ0v) is 17.4. The Morgan fingerprint density at radius 3 is 2.35 bits per heavy atom. The number of ether oxygens (including phenoxy) is 2. The van der Waals surface area contributed by atoms with E-state index >= 15 is 0 Å². The molecule has 1 fully saturated rings. The van der Waals surface area contributed by atoms with E-state index in [2.05, 4.69) is 0 Å². The Balaban J connectivity index is 2.15. The van der Waals surface area contributed by atoms with Crippen molar-refractivity contribution in [3.63, 3.8) is 0 Å². The van der Waals surface area contributed by atoms with E-state index in [1.165, 1.54) is 42.3 Å². The number of Topliss-reactive ketones (excluding diaryl/α,β-unsaturated/α-hetero) is 1. The lowest BCUT2D eigenvalue weighted by atomic mass is 9.95. The van der Waals surface area contributed by atoms with Crippen molar-refractivity contribution in [2.75, 3.05) is 20.3 Å². The van der Waals surface area contributed by atoms with Gasteiger partial charge in [-0.1, -0.05) is 12.1 Å². The highest BCUT2D eigenvalue weighted by atomic mass is 19.1. The molecule has 1 atom stereocenters. The van der Waals surface area contributed by atoms with Gasteiger partial charge >= 0.3 is 0 Å². The Bertz CT molecular complexity index is 1020. The lowest BCUT2D eigenvalue weighted by Gasteiger charge is -2.25. The zero-order valence-electron chi connectivity index (χ0n) is 17.4. The topological polar surface area (TPSA) is 76.1 Å². The van der Waals surface area contributed by atoms with Crippen molar-refractivity contribution in [3.05, 3.63) is 70.8 Å². The van der Waals surface area contributed by atoms with Crippen LogP contribution >= 0.6 is 0 Å². The molecule has 2 aromatic carbocycles. The third-order valence-electron chi connectivity index (χ3n) is 4.93. The Hall–Kier alpha value is -3.26. The highest BCUT2D eigenvalue weighted by Gasteiger charge is 2.46. The molecule has 0 radical (unpaired) electrons. The highest BCUT2D eigenvalue weighted by Crippen LogP contribution is 2.40. The van der Waals surface area contributed by atoms with Gasteiger partial charge in [-0.25, -0.2) is 8.78 Å². The Labute approximate surface area is 178 Å². The summed E-state index contributed by atoms with van der Waals surface area (Å²) in [5.41, 5.74) is 0.123. The van der Waals surface area contributed by atoms with Crippen LogP contribution in [0.25, 0.3) is 5.76 Å². The minimum absolute atomic E-state index is 0.0638. The van der Waals surface area contributed by atoms with Crippen LogP contribution in [0, 0.1) is 11.6 Å². The molecule has 0 spiro atoms. The molecule has 1 aliphatic heterocycles. The molecular formula is C23H23F2NO5. The molecule has 0 aliphatic carbocycles. The maximum Gasteiger partial charge on any atom is 0.295 e. The van der Waals surface area contributed by atoms with E-state index < -0.39 is 35.1 Å². The number of aliphatic hydroxyl groups excluding tert-OH is 1. The molecule has 0 aromatic heterocycles. The van der Waals surface area contributed by atoms with Gasteiger partial charge in [0.25, 0.3) is 11.7 Å². The van der Waals surface area contributed by atoms with Crippen LogP contribution < -0.4 is 4.74 Å². The molecule has 1 unspecified atom stereocenters. The Kier molecular flexibility index (Phi) is 6.70. The second-order valence-corrected chi connectivity index (χ2v) is 7.31. The summed E-state index contributed by atoms with van der Waals surface area (Å²) in [5.74, 6) is -3.35. The van der Waals surface area contributed by atoms with E-state index in [4.69, 9.17) is 9.47 Å². The Morgan fingerprint density at radius 2 is 1.74 bits per heavy atom. The SMILES string of the molecule is COc1ccc(F)cc1/C(O)=C1\C(=O)C(=O)N(CCOC(C)C)C1c1ccc(F)cc1. The number of carbonyl (C=O) groups is 2. The van der Waals surface area contributed by atoms with Crippen LogP contribution in [0.1, 0.15) is 31.0 Å². The largest absolute Gasteiger partial charge is 0.507 e. The van der Waals surface area contributed by atoms with Gasteiger partial charge in [-0.2, -0.15) is 0 Å². The fourth-order valence-electron chi connectivity index (χ4n) is 3.50. The third kappa shape index (κ3) is 4.59. The Morgan fingerprint density at radius 1 is 1.10 bits per heavy atom. The van der Waals surface area contributed by atoms with Gasteiger partial charge in [0, 0.05) is 6.54 Å². The van der Waals surface area contributed by atoms with E-state index in [-0.39, 0.29) is 36.1 Å². The van der Waals surface area contributed by atoms with Gasteiger partial charge in [0.15, 0.2) is 0 Å². The number of hydrogen-bond acceptors (Lipinski definition) is 5. The summed E-state index contributed by atoms with van der Waals surface area (Å²) in [6.07, 6.45) is -0.0855. The molecule has 1 amide bonds. The minimum atomic E-state index is -0.996. The van der Waals surface area contributed by atoms with Gasteiger partial charge in [0.05, 0.1) is 37.0 Å². The molecule has 3 rings (SSSR count). The quantitative estimate of drug-likeness (QED) is 0.410. The summed E-state index contributed by atoms with van der Waals surface area (Å²) in [4.78, 5) is 27.0. The zero-order chi connectivity index (χ0) is 22.7. The van der Waals surface area contributed by atoms with E-state index in [0.29, 0.717) is 5.56 Å². The van der Waals surface area contributed by atoms with Crippen molar-refractivity contribution >= 4 is 17.4 Å². The van der Waals surface area contributed by atoms with Gasteiger partial charge < -0.3 is 19.5 Å². The number of methoxy groups -OCH3 is 1. The molecule has 1 saturated heterocycles. The molecule has 6 nitrogen and oxygen atoms in total. The van der Waals surface area contributed by atoms with Crippen molar-refractivity contribution in [1.29, 1.82) is 0 Å². The standard InChI is InChI=1S/C23H23F2NO5/c1-13(2)31-11-10-26-20(14-4-6-15(24)7-5-14)19(22(28)23(26)29)21(27)17-12-16(25)8-9-18(17)30-3/h4-9,12-13,20,27H,10-11H2,1-3H3/b21-19+. The molecule has 1 heterocycles. The molecule has 1 aliphatic rings. The molecule has 0 bridgehead atoms. The van der Waals surface area contributed by atoms with Crippen molar-refractivity contribution in [2.45, 2.75) is 26.0 Å². The van der Waals surface area contributed by atoms with Crippen molar-refractivity contribution in [3.8, 4) is 5.75 Å². The van der Waals surface area contributed by atoms with Crippen LogP contribution in [0.5, 0.6) is 5.75 Å². The number of amides is 1. The summed E-state index contributed by atoms with van der Waals surface area (Å²) in [5, 5.41) is 11.0. The summed E-state index contributed by atoms with van der Waals surface area (Å²) >= 11 is 0. The summed E-state index contributed by atoms with van der Waals surface area (Å²) < 4.78 is 38.1. The van der Waals surface area contributed by atoms with Crippen LogP contribution in [0.3, 0.4) is 0 Å². The van der Waals surface area contributed by atoms with Gasteiger partial charge in [-0.05, 0) is 49.7 Å². The number of carbonyl (C=O) groups excluding carboxylic acids is 2. The van der Waals surface area contributed by atoms with Crippen molar-refractivity contribution in [2.24, 2.45) is 0 Å². The molecule has 164 valence electrons. The first-order chi connectivity index (χ1) is 14.7. The molecular weight excluding hydrogens is 408 g/mol. The molecule has 2 aromatic rings. The first-order valence-corrected chi connectivity index (χ1v) is 9.74. The minimum Gasteiger partial charge on any atom is -0.507 e. The fourth-order valence-corrected chi connectivity index (χ4v) is 3.50. The number of likely N-dealkylation sites (tertiary alicyclic amines) is 1. The monoisotopic (exact) mass is 431 g/mol. The van der Waals surface area contributed by atoms with Gasteiger partial charge in [-0.3, -0.25) is 9.59 Å². The van der Waals surface area contributed by atoms with Crippen LogP contribution in [-0.4, -0.2) is 48.1 Å². The van der Waals surface area contributed by atoms with Gasteiger partial charge in [0.1, 0.15) is 23.1 Å². The first kappa shape index (κ1) is 22.4. The van der Waals surface area contributed by atoms with E-state index in [1.54, 1.807) is 0 Å². The molecule has 0 saturated carbocycles. The number of ketones is 1. The summed E-state index contributed by atoms with van der Waals surface area (Å²) in [6, 6.07) is 7.73. The van der Waals surface area contributed by atoms with Crippen LogP contribution in [0.2, 0.25) is 0 Å². The van der Waals surface area contributed by atoms with E-state index in [0.717, 1.165) is 12.1 Å². The maximum absolute atomic E-state index is 13.9. The molecule has 31 heavy (non-hydrogen) atoms.